The van der Waals surface area contributed by atoms with E-state index < -0.39 is 22.7 Å². The number of amidine groups is 1. The third kappa shape index (κ3) is 0.802. The molecule has 1 aromatic rings. The van der Waals surface area contributed by atoms with Crippen LogP contribution in [0.3, 0.4) is 0 Å². The Kier molecular flexibility index (Phi) is 1.73. The lowest BCUT2D eigenvalue weighted by Gasteiger charge is -2.05. The molecular weight excluding hydrogens is 228 g/mol. The first kappa shape index (κ1) is 10.5. The second kappa shape index (κ2) is 2.96. The van der Waals surface area contributed by atoms with E-state index in [9.17, 15) is 15.3 Å². The van der Waals surface area contributed by atoms with Gasteiger partial charge in [0.1, 0.15) is 5.84 Å². The SMILES string of the molecule is N#CC12C(=O)N=C(N)C1(C#N)C2c1ccccc1. The van der Waals surface area contributed by atoms with E-state index in [0.717, 1.165) is 5.56 Å². The van der Waals surface area contributed by atoms with E-state index in [1.807, 2.05) is 18.2 Å². The molecule has 0 radical (unpaired) electrons. The summed E-state index contributed by atoms with van der Waals surface area (Å²) in [5.74, 6) is -1.14. The average Bonchev–Trinajstić information content (AvgIpc) is 2.97. The molecule has 2 aliphatic rings. The van der Waals surface area contributed by atoms with Gasteiger partial charge in [-0.1, -0.05) is 30.3 Å². The molecule has 1 aliphatic carbocycles. The van der Waals surface area contributed by atoms with Crippen LogP contribution in [0.25, 0.3) is 0 Å². The molecule has 1 saturated carbocycles. The lowest BCUT2D eigenvalue weighted by molar-refractivity contribution is -0.120. The van der Waals surface area contributed by atoms with Crippen molar-refractivity contribution in [3.8, 4) is 12.1 Å². The zero-order valence-electron chi connectivity index (χ0n) is 9.29. The smallest absolute Gasteiger partial charge is 0.270 e. The number of rotatable bonds is 1. The zero-order chi connectivity index (χ0) is 13.0. The van der Waals surface area contributed by atoms with Gasteiger partial charge >= 0.3 is 0 Å². The Hall–Kier alpha value is -2.66. The summed E-state index contributed by atoms with van der Waals surface area (Å²) in [6.45, 7) is 0. The van der Waals surface area contributed by atoms with E-state index in [0.29, 0.717) is 0 Å². The molecule has 1 amide bonds. The Labute approximate surface area is 103 Å². The van der Waals surface area contributed by atoms with E-state index in [4.69, 9.17) is 5.73 Å². The van der Waals surface area contributed by atoms with Crippen molar-refractivity contribution < 1.29 is 4.79 Å². The molecule has 0 saturated heterocycles. The van der Waals surface area contributed by atoms with Gasteiger partial charge < -0.3 is 5.73 Å². The van der Waals surface area contributed by atoms with Gasteiger partial charge in [0, 0.05) is 5.92 Å². The topological polar surface area (TPSA) is 103 Å². The fraction of sp³-hybridized carbons (Fsp3) is 0.231. The molecule has 1 fully saturated rings. The summed E-state index contributed by atoms with van der Waals surface area (Å²) in [7, 11) is 0. The van der Waals surface area contributed by atoms with Crippen LogP contribution in [0.5, 0.6) is 0 Å². The Balaban J connectivity index is 2.22. The van der Waals surface area contributed by atoms with Crippen molar-refractivity contribution in [2.45, 2.75) is 5.92 Å². The molecule has 86 valence electrons. The molecular formula is C13H8N4O. The van der Waals surface area contributed by atoms with Crippen LogP contribution < -0.4 is 5.73 Å². The van der Waals surface area contributed by atoms with E-state index in [-0.39, 0.29) is 5.84 Å². The number of hydrogen-bond donors (Lipinski definition) is 1. The molecule has 1 heterocycles. The molecule has 0 bridgehead atoms. The number of nitrogens with two attached hydrogens (primary N) is 1. The lowest BCUT2D eigenvalue weighted by Crippen LogP contribution is -2.25. The van der Waals surface area contributed by atoms with Gasteiger partial charge in [-0.3, -0.25) is 4.79 Å². The number of carbonyl (C=O) groups excluding carboxylic acids is 1. The highest BCUT2D eigenvalue weighted by Crippen LogP contribution is 2.76. The third-order valence-electron chi connectivity index (χ3n) is 3.85. The largest absolute Gasteiger partial charge is 0.386 e. The summed E-state index contributed by atoms with van der Waals surface area (Å²) in [6, 6.07) is 13.0. The van der Waals surface area contributed by atoms with Crippen LogP contribution in [0.2, 0.25) is 0 Å². The predicted octanol–water partition coefficient (Wildman–Crippen LogP) is 0.701. The maximum absolute atomic E-state index is 11.9. The number of aliphatic imine (C=N–C) groups is 1. The quantitative estimate of drug-likeness (QED) is 0.775. The van der Waals surface area contributed by atoms with E-state index >= 15 is 0 Å². The number of hydrogen-bond acceptors (Lipinski definition) is 4. The van der Waals surface area contributed by atoms with E-state index in [1.54, 1.807) is 24.3 Å². The van der Waals surface area contributed by atoms with Crippen LogP contribution in [0, 0.1) is 33.5 Å². The molecule has 3 atom stereocenters. The van der Waals surface area contributed by atoms with Crippen molar-refractivity contribution in [2.75, 3.05) is 0 Å². The van der Waals surface area contributed by atoms with Crippen molar-refractivity contribution in [3.63, 3.8) is 0 Å². The van der Waals surface area contributed by atoms with E-state index in [1.165, 1.54) is 0 Å². The van der Waals surface area contributed by atoms with Gasteiger partial charge in [0.2, 0.25) is 0 Å². The summed E-state index contributed by atoms with van der Waals surface area (Å²) in [6.07, 6.45) is 0. The highest BCUT2D eigenvalue weighted by molar-refractivity contribution is 6.18. The summed E-state index contributed by atoms with van der Waals surface area (Å²) in [5, 5.41) is 18.7. The second-order valence-corrected chi connectivity index (χ2v) is 4.49. The maximum Gasteiger partial charge on any atom is 0.270 e. The predicted molar refractivity (Wildman–Crippen MR) is 61.9 cm³/mol. The van der Waals surface area contributed by atoms with Crippen molar-refractivity contribution in [1.82, 2.24) is 0 Å². The molecule has 5 nitrogen and oxygen atoms in total. The summed E-state index contributed by atoms with van der Waals surface area (Å²) in [4.78, 5) is 15.5. The normalized spacial score (nSPS) is 36.2. The van der Waals surface area contributed by atoms with Gasteiger partial charge in [-0.15, -0.1) is 0 Å². The minimum atomic E-state index is -1.42. The Bertz CT molecular complexity index is 666. The molecule has 2 N–H and O–H groups in total. The Morgan fingerprint density at radius 2 is 1.78 bits per heavy atom. The van der Waals surface area contributed by atoms with Crippen molar-refractivity contribution in [1.29, 1.82) is 10.5 Å². The second-order valence-electron chi connectivity index (χ2n) is 4.49. The summed E-state index contributed by atoms with van der Waals surface area (Å²) >= 11 is 0. The zero-order valence-corrected chi connectivity index (χ0v) is 9.29. The molecule has 5 heteroatoms. The fourth-order valence-corrected chi connectivity index (χ4v) is 2.96. The highest BCUT2D eigenvalue weighted by Gasteiger charge is 2.88. The van der Waals surface area contributed by atoms with Gasteiger partial charge in [-0.05, 0) is 5.56 Å². The first-order valence-corrected chi connectivity index (χ1v) is 5.41. The van der Waals surface area contributed by atoms with E-state index in [2.05, 4.69) is 4.99 Å². The average molecular weight is 236 g/mol. The molecule has 18 heavy (non-hydrogen) atoms. The minimum Gasteiger partial charge on any atom is -0.386 e. The Morgan fingerprint density at radius 1 is 1.17 bits per heavy atom. The van der Waals surface area contributed by atoms with Gasteiger partial charge in [0.15, 0.2) is 10.8 Å². The molecule has 0 spiro atoms. The summed E-state index contributed by atoms with van der Waals surface area (Å²) in [5.41, 5.74) is 3.77. The van der Waals surface area contributed by atoms with Gasteiger partial charge in [0.25, 0.3) is 5.91 Å². The first-order valence-electron chi connectivity index (χ1n) is 5.41. The fourth-order valence-electron chi connectivity index (χ4n) is 2.96. The lowest BCUT2D eigenvalue weighted by atomic mass is 9.97. The van der Waals surface area contributed by atoms with Gasteiger partial charge in [0.05, 0.1) is 12.1 Å². The number of benzene rings is 1. The maximum atomic E-state index is 11.9. The molecule has 0 aromatic heterocycles. The number of fused-ring (bicyclic) bond motifs is 1. The van der Waals surface area contributed by atoms with Crippen molar-refractivity contribution in [3.05, 3.63) is 35.9 Å². The highest BCUT2D eigenvalue weighted by atomic mass is 16.2. The standard InChI is InChI=1S/C13H8N4O/c14-6-12-9(8-4-2-1-3-5-8)13(12,7-15)11(18)17-10(12)16/h1-5,9H,(H2,16,17,18). The monoisotopic (exact) mass is 236 g/mol. The number of amides is 1. The molecule has 3 rings (SSSR count). The minimum absolute atomic E-state index is 0.0367. The van der Waals surface area contributed by atoms with Crippen LogP contribution >= 0.6 is 0 Å². The van der Waals surface area contributed by atoms with Crippen LogP contribution in [0.4, 0.5) is 0 Å². The summed E-state index contributed by atoms with van der Waals surface area (Å²) < 4.78 is 0. The van der Waals surface area contributed by atoms with Crippen molar-refractivity contribution in [2.24, 2.45) is 21.6 Å². The third-order valence-corrected chi connectivity index (χ3v) is 3.85. The molecule has 3 unspecified atom stereocenters. The number of nitriles is 2. The Morgan fingerprint density at radius 3 is 2.28 bits per heavy atom. The van der Waals surface area contributed by atoms with Crippen LogP contribution in [0.15, 0.2) is 35.3 Å². The van der Waals surface area contributed by atoms with Gasteiger partial charge in [-0.25, -0.2) is 0 Å². The molecule has 1 aliphatic heterocycles. The van der Waals surface area contributed by atoms with Crippen molar-refractivity contribution >= 4 is 11.7 Å². The van der Waals surface area contributed by atoms with Crippen LogP contribution in [-0.2, 0) is 4.79 Å². The molecule has 1 aromatic carbocycles. The van der Waals surface area contributed by atoms with Crippen LogP contribution in [-0.4, -0.2) is 11.7 Å². The number of carbonyl (C=O) groups is 1. The number of nitrogens with zero attached hydrogens (tertiary/aromatic N) is 3. The van der Waals surface area contributed by atoms with Gasteiger partial charge in [-0.2, -0.15) is 15.5 Å². The first-order chi connectivity index (χ1) is 8.65. The van der Waals surface area contributed by atoms with Crippen LogP contribution in [0.1, 0.15) is 11.5 Å².